The third-order valence-corrected chi connectivity index (χ3v) is 3.90. The molecule has 0 radical (unpaired) electrons. The number of methoxy groups -OCH3 is 1. The van der Waals surface area contributed by atoms with Gasteiger partial charge in [0.05, 0.1) is 18.5 Å². The van der Waals surface area contributed by atoms with Crippen molar-refractivity contribution in [2.24, 2.45) is 5.92 Å². The number of pyridine rings is 1. The fourth-order valence-corrected chi connectivity index (χ4v) is 2.31. The van der Waals surface area contributed by atoms with Crippen LogP contribution in [-0.4, -0.2) is 26.7 Å². The normalized spacial score (nSPS) is 13.3. The molecule has 1 aliphatic rings. The molecule has 1 saturated carbocycles. The standard InChI is InChI=1S/C13H12ClN5O.C4H8/c1-8-10(20-2)3-4-12(16-8)17-9-7-11(14)18-19-6-5-15-13(9)19;1-4-2-3-4/h3-7H,1-2H3,(H,16,17);4H,2-3H2,1H3. The first-order valence-corrected chi connectivity index (χ1v) is 8.23. The second-order valence-electron chi connectivity index (χ2n) is 5.87. The maximum absolute atomic E-state index is 5.99. The molecule has 4 rings (SSSR count). The quantitative estimate of drug-likeness (QED) is 0.768. The minimum absolute atomic E-state index is 0.378. The highest BCUT2D eigenvalue weighted by Gasteiger charge is 2.12. The molecule has 0 amide bonds. The molecule has 0 unspecified atom stereocenters. The van der Waals surface area contributed by atoms with E-state index < -0.39 is 0 Å². The number of aromatic nitrogens is 4. The molecule has 1 N–H and O–H groups in total. The molecular formula is C17H20ClN5O. The van der Waals surface area contributed by atoms with Gasteiger partial charge in [-0.3, -0.25) is 0 Å². The van der Waals surface area contributed by atoms with Gasteiger partial charge >= 0.3 is 0 Å². The van der Waals surface area contributed by atoms with E-state index in [0.29, 0.717) is 16.6 Å². The predicted octanol–water partition coefficient (Wildman–Crippen LogP) is 4.25. The van der Waals surface area contributed by atoms with Crippen molar-refractivity contribution < 1.29 is 4.74 Å². The minimum Gasteiger partial charge on any atom is -0.495 e. The van der Waals surface area contributed by atoms with Gasteiger partial charge in [0.1, 0.15) is 11.6 Å². The summed E-state index contributed by atoms with van der Waals surface area (Å²) in [5.74, 6) is 2.52. The average Bonchev–Trinajstić information content (AvgIpc) is 3.18. The molecule has 6 nitrogen and oxygen atoms in total. The van der Waals surface area contributed by atoms with E-state index in [9.17, 15) is 0 Å². The summed E-state index contributed by atoms with van der Waals surface area (Å²) in [5.41, 5.74) is 2.23. The van der Waals surface area contributed by atoms with Crippen molar-refractivity contribution in [1.29, 1.82) is 0 Å². The Hall–Kier alpha value is -2.34. The van der Waals surface area contributed by atoms with Crippen LogP contribution in [0.25, 0.3) is 5.65 Å². The van der Waals surface area contributed by atoms with Crippen molar-refractivity contribution in [3.8, 4) is 5.75 Å². The number of nitrogens with one attached hydrogen (secondary N) is 1. The van der Waals surface area contributed by atoms with Gasteiger partial charge in [-0.25, -0.2) is 14.5 Å². The Morgan fingerprint density at radius 3 is 2.71 bits per heavy atom. The molecule has 0 spiro atoms. The smallest absolute Gasteiger partial charge is 0.177 e. The number of aryl methyl sites for hydroxylation is 1. The fourth-order valence-electron chi connectivity index (χ4n) is 2.12. The third kappa shape index (κ3) is 3.94. The molecule has 3 aromatic heterocycles. The van der Waals surface area contributed by atoms with Gasteiger partial charge in [0.15, 0.2) is 10.8 Å². The van der Waals surface area contributed by atoms with Gasteiger partial charge in [-0.05, 0) is 25.0 Å². The topological polar surface area (TPSA) is 64.3 Å². The van der Waals surface area contributed by atoms with Crippen molar-refractivity contribution in [3.63, 3.8) is 0 Å². The van der Waals surface area contributed by atoms with E-state index in [4.69, 9.17) is 16.3 Å². The van der Waals surface area contributed by atoms with Crippen LogP contribution >= 0.6 is 11.6 Å². The van der Waals surface area contributed by atoms with Gasteiger partial charge < -0.3 is 10.1 Å². The lowest BCUT2D eigenvalue weighted by molar-refractivity contribution is 0.409. The second kappa shape index (κ2) is 7.05. The molecule has 3 heterocycles. The maximum atomic E-state index is 5.99. The van der Waals surface area contributed by atoms with Gasteiger partial charge in [0, 0.05) is 18.5 Å². The maximum Gasteiger partial charge on any atom is 0.177 e. The Balaban J connectivity index is 0.000000370. The number of halogens is 1. The van der Waals surface area contributed by atoms with Crippen molar-refractivity contribution >= 4 is 28.8 Å². The van der Waals surface area contributed by atoms with Crippen LogP contribution in [0.4, 0.5) is 11.5 Å². The third-order valence-electron chi connectivity index (χ3n) is 3.72. The Labute approximate surface area is 145 Å². The number of anilines is 2. The Morgan fingerprint density at radius 2 is 2.08 bits per heavy atom. The van der Waals surface area contributed by atoms with E-state index in [1.165, 1.54) is 12.8 Å². The minimum atomic E-state index is 0.378. The van der Waals surface area contributed by atoms with Crippen molar-refractivity contribution in [2.75, 3.05) is 12.4 Å². The molecule has 1 aliphatic carbocycles. The van der Waals surface area contributed by atoms with Gasteiger partial charge in [-0.1, -0.05) is 31.4 Å². The lowest BCUT2D eigenvalue weighted by atomic mass is 10.3. The number of imidazole rings is 1. The fraction of sp³-hybridized carbons (Fsp3) is 0.353. The molecule has 24 heavy (non-hydrogen) atoms. The zero-order valence-electron chi connectivity index (χ0n) is 14.0. The summed E-state index contributed by atoms with van der Waals surface area (Å²) in [6.07, 6.45) is 6.37. The summed E-state index contributed by atoms with van der Waals surface area (Å²) in [5, 5.41) is 7.69. The van der Waals surface area contributed by atoms with Crippen molar-refractivity contribution in [1.82, 2.24) is 19.6 Å². The molecule has 0 saturated heterocycles. The number of hydrogen-bond acceptors (Lipinski definition) is 5. The molecule has 1 fully saturated rings. The van der Waals surface area contributed by atoms with Gasteiger partial charge in [-0.15, -0.1) is 0 Å². The van der Waals surface area contributed by atoms with Crippen LogP contribution in [0.5, 0.6) is 5.75 Å². The molecule has 0 aromatic carbocycles. The molecule has 0 atom stereocenters. The lowest BCUT2D eigenvalue weighted by Gasteiger charge is -2.09. The van der Waals surface area contributed by atoms with E-state index in [0.717, 1.165) is 23.0 Å². The first-order valence-electron chi connectivity index (χ1n) is 7.85. The molecule has 7 heteroatoms. The second-order valence-corrected chi connectivity index (χ2v) is 6.26. The summed E-state index contributed by atoms with van der Waals surface area (Å²) in [4.78, 5) is 8.66. The number of rotatable bonds is 3. The van der Waals surface area contributed by atoms with Crippen LogP contribution in [0.1, 0.15) is 25.5 Å². The van der Waals surface area contributed by atoms with E-state index in [-0.39, 0.29) is 0 Å². The highest BCUT2D eigenvalue weighted by molar-refractivity contribution is 6.29. The molecule has 126 valence electrons. The summed E-state index contributed by atoms with van der Waals surface area (Å²) in [7, 11) is 1.62. The van der Waals surface area contributed by atoms with E-state index in [1.54, 1.807) is 30.1 Å². The molecule has 0 aliphatic heterocycles. The predicted molar refractivity (Wildman–Crippen MR) is 95.2 cm³/mol. The zero-order valence-corrected chi connectivity index (χ0v) is 14.7. The Bertz CT molecular complexity index is 844. The van der Waals surface area contributed by atoms with Crippen LogP contribution in [0.2, 0.25) is 5.15 Å². The average molecular weight is 346 g/mol. The zero-order chi connectivity index (χ0) is 17.1. The van der Waals surface area contributed by atoms with Crippen LogP contribution in [0.3, 0.4) is 0 Å². The summed E-state index contributed by atoms with van der Waals surface area (Å²) < 4.78 is 6.80. The van der Waals surface area contributed by atoms with Gasteiger partial charge in [-0.2, -0.15) is 5.10 Å². The van der Waals surface area contributed by atoms with E-state index in [1.807, 2.05) is 19.1 Å². The number of ether oxygens (including phenoxy) is 1. The number of nitrogens with zero attached hydrogens (tertiary/aromatic N) is 4. The van der Waals surface area contributed by atoms with Crippen LogP contribution in [-0.2, 0) is 0 Å². The van der Waals surface area contributed by atoms with Gasteiger partial charge in [0.25, 0.3) is 0 Å². The van der Waals surface area contributed by atoms with Crippen molar-refractivity contribution in [3.05, 3.63) is 41.4 Å². The highest BCUT2D eigenvalue weighted by atomic mass is 35.5. The highest BCUT2D eigenvalue weighted by Crippen LogP contribution is 2.26. The van der Waals surface area contributed by atoms with E-state index in [2.05, 4.69) is 27.3 Å². The first-order chi connectivity index (χ1) is 11.6. The summed E-state index contributed by atoms with van der Waals surface area (Å²) in [6.45, 7) is 4.16. The number of fused-ring (bicyclic) bond motifs is 1. The van der Waals surface area contributed by atoms with E-state index >= 15 is 0 Å². The Kier molecular flexibility index (Phi) is 4.85. The SMILES string of the molecule is CC1CC1.COc1ccc(Nc2cc(Cl)nn3ccnc23)nc1C. The molecular weight excluding hydrogens is 326 g/mol. The summed E-state index contributed by atoms with van der Waals surface area (Å²) in [6, 6.07) is 5.40. The van der Waals surface area contributed by atoms with Gasteiger partial charge in [0.2, 0.25) is 0 Å². The van der Waals surface area contributed by atoms with Crippen molar-refractivity contribution in [2.45, 2.75) is 26.7 Å². The Morgan fingerprint density at radius 1 is 1.33 bits per heavy atom. The molecule has 0 bridgehead atoms. The molecule has 3 aromatic rings. The van der Waals surface area contributed by atoms with Crippen LogP contribution in [0, 0.1) is 12.8 Å². The lowest BCUT2D eigenvalue weighted by Crippen LogP contribution is -2.01. The largest absolute Gasteiger partial charge is 0.495 e. The first kappa shape index (κ1) is 16.5. The van der Waals surface area contributed by atoms with Crippen LogP contribution in [0.15, 0.2) is 30.6 Å². The number of hydrogen-bond donors (Lipinski definition) is 1. The monoisotopic (exact) mass is 345 g/mol. The van der Waals surface area contributed by atoms with Crippen LogP contribution < -0.4 is 10.1 Å². The summed E-state index contributed by atoms with van der Waals surface area (Å²) >= 11 is 5.99.